The molecule has 8 nitrogen and oxygen atoms in total. The SMILES string of the molecule is O=C1CSc2ccc(CNC3CCNC(CCn4c(=O)ccc5ccc(Cl)nc54)C3)nc2N1. The van der Waals surface area contributed by atoms with Crippen LogP contribution in [0, 0.1) is 0 Å². The number of rotatable bonds is 6. The van der Waals surface area contributed by atoms with Crippen LogP contribution in [0.5, 0.6) is 0 Å². The summed E-state index contributed by atoms with van der Waals surface area (Å²) in [5, 5.41) is 11.3. The average molecular weight is 485 g/mol. The molecule has 1 saturated heterocycles. The molecule has 3 N–H and O–H groups in total. The van der Waals surface area contributed by atoms with Crippen molar-refractivity contribution in [3.63, 3.8) is 0 Å². The van der Waals surface area contributed by atoms with E-state index in [0.29, 0.717) is 47.5 Å². The van der Waals surface area contributed by atoms with Crippen LogP contribution in [-0.4, -0.2) is 44.8 Å². The van der Waals surface area contributed by atoms with Gasteiger partial charge in [-0.05, 0) is 56.1 Å². The molecular formula is C23H25ClN6O2S. The molecule has 5 heterocycles. The van der Waals surface area contributed by atoms with Crippen LogP contribution >= 0.6 is 23.4 Å². The van der Waals surface area contributed by atoms with Crippen molar-refractivity contribution in [1.29, 1.82) is 0 Å². The number of carbonyl (C=O) groups is 1. The van der Waals surface area contributed by atoms with Crippen LogP contribution in [0.25, 0.3) is 11.0 Å². The van der Waals surface area contributed by atoms with E-state index in [1.807, 2.05) is 18.2 Å². The number of aryl methyl sites for hydroxylation is 1. The predicted octanol–water partition coefficient (Wildman–Crippen LogP) is 2.79. The maximum absolute atomic E-state index is 12.5. The number of thioether (sulfide) groups is 1. The van der Waals surface area contributed by atoms with Crippen molar-refractivity contribution in [2.24, 2.45) is 0 Å². The second-order valence-corrected chi connectivity index (χ2v) is 9.80. The molecule has 0 spiro atoms. The molecular weight excluding hydrogens is 460 g/mol. The number of amides is 1. The topological polar surface area (TPSA) is 101 Å². The van der Waals surface area contributed by atoms with Gasteiger partial charge in [0.1, 0.15) is 16.6 Å². The number of fused-ring (bicyclic) bond motifs is 2. The van der Waals surface area contributed by atoms with E-state index in [9.17, 15) is 9.59 Å². The van der Waals surface area contributed by atoms with Crippen molar-refractivity contribution >= 4 is 46.1 Å². The lowest BCUT2D eigenvalue weighted by Crippen LogP contribution is -2.46. The molecule has 33 heavy (non-hydrogen) atoms. The number of halogens is 1. The molecule has 5 rings (SSSR count). The molecule has 2 atom stereocenters. The number of aromatic nitrogens is 3. The zero-order valence-corrected chi connectivity index (χ0v) is 19.6. The van der Waals surface area contributed by atoms with Crippen LogP contribution < -0.4 is 21.5 Å². The second-order valence-electron chi connectivity index (χ2n) is 8.40. The Morgan fingerprint density at radius 1 is 1.15 bits per heavy atom. The van der Waals surface area contributed by atoms with Crippen molar-refractivity contribution in [1.82, 2.24) is 25.2 Å². The molecule has 0 aromatic carbocycles. The summed E-state index contributed by atoms with van der Waals surface area (Å²) in [6.45, 7) is 2.15. The lowest BCUT2D eigenvalue weighted by Gasteiger charge is -2.31. The number of pyridine rings is 3. The second kappa shape index (κ2) is 9.80. The Labute approximate surface area is 200 Å². The van der Waals surface area contributed by atoms with E-state index in [4.69, 9.17) is 11.6 Å². The molecule has 3 aromatic heterocycles. The van der Waals surface area contributed by atoms with Gasteiger partial charge in [-0.3, -0.25) is 14.2 Å². The highest BCUT2D eigenvalue weighted by molar-refractivity contribution is 8.00. The molecule has 3 aromatic rings. The van der Waals surface area contributed by atoms with Gasteiger partial charge in [0.05, 0.1) is 16.3 Å². The van der Waals surface area contributed by atoms with Crippen molar-refractivity contribution < 1.29 is 4.79 Å². The molecule has 2 aliphatic heterocycles. The van der Waals surface area contributed by atoms with Gasteiger partial charge in [0, 0.05) is 36.6 Å². The summed E-state index contributed by atoms with van der Waals surface area (Å²) >= 11 is 7.59. The molecule has 0 saturated carbocycles. The fourth-order valence-electron chi connectivity index (χ4n) is 4.40. The molecule has 172 valence electrons. The van der Waals surface area contributed by atoms with Gasteiger partial charge in [-0.1, -0.05) is 11.6 Å². The van der Waals surface area contributed by atoms with Crippen LogP contribution in [0.2, 0.25) is 5.15 Å². The van der Waals surface area contributed by atoms with Crippen molar-refractivity contribution in [3.05, 3.63) is 57.6 Å². The zero-order chi connectivity index (χ0) is 22.8. The molecule has 0 aliphatic carbocycles. The zero-order valence-electron chi connectivity index (χ0n) is 18.0. The van der Waals surface area contributed by atoms with E-state index in [2.05, 4.69) is 25.9 Å². The number of nitrogens with one attached hydrogen (secondary N) is 3. The highest BCUT2D eigenvalue weighted by Crippen LogP contribution is 2.29. The Hall–Kier alpha value is -2.46. The number of hydrogen-bond donors (Lipinski definition) is 3. The maximum Gasteiger partial charge on any atom is 0.252 e. The smallest absolute Gasteiger partial charge is 0.252 e. The van der Waals surface area contributed by atoms with Gasteiger partial charge < -0.3 is 16.0 Å². The van der Waals surface area contributed by atoms with Gasteiger partial charge in [-0.15, -0.1) is 11.8 Å². The fourth-order valence-corrected chi connectivity index (χ4v) is 5.30. The third-order valence-corrected chi connectivity index (χ3v) is 7.36. The van der Waals surface area contributed by atoms with Crippen LogP contribution in [-0.2, 0) is 17.9 Å². The first kappa shape index (κ1) is 22.3. The highest BCUT2D eigenvalue weighted by Gasteiger charge is 2.22. The normalized spacial score (nSPS) is 20.5. The maximum atomic E-state index is 12.5. The predicted molar refractivity (Wildman–Crippen MR) is 131 cm³/mol. The molecule has 0 bridgehead atoms. The van der Waals surface area contributed by atoms with Gasteiger partial charge >= 0.3 is 0 Å². The summed E-state index contributed by atoms with van der Waals surface area (Å²) in [6.07, 6.45) is 2.82. The van der Waals surface area contributed by atoms with Crippen LogP contribution in [0.3, 0.4) is 0 Å². The number of hydrogen-bond acceptors (Lipinski definition) is 7. The summed E-state index contributed by atoms with van der Waals surface area (Å²) < 4.78 is 1.71. The first-order valence-corrected chi connectivity index (χ1v) is 12.5. The lowest BCUT2D eigenvalue weighted by molar-refractivity contribution is -0.113. The molecule has 2 unspecified atom stereocenters. The van der Waals surface area contributed by atoms with Crippen LogP contribution in [0.4, 0.5) is 5.82 Å². The average Bonchev–Trinajstić information content (AvgIpc) is 2.82. The molecule has 0 radical (unpaired) electrons. The molecule has 10 heteroatoms. The highest BCUT2D eigenvalue weighted by atomic mass is 35.5. The Morgan fingerprint density at radius 3 is 2.94 bits per heavy atom. The van der Waals surface area contributed by atoms with Gasteiger partial charge in [-0.2, -0.15) is 0 Å². The summed E-state index contributed by atoms with van der Waals surface area (Å²) in [5.41, 5.74) is 1.48. The minimum atomic E-state index is -0.0634. The lowest BCUT2D eigenvalue weighted by atomic mass is 9.97. The van der Waals surface area contributed by atoms with E-state index in [0.717, 1.165) is 41.8 Å². The Balaban J connectivity index is 1.19. The van der Waals surface area contributed by atoms with E-state index in [1.165, 1.54) is 11.8 Å². The van der Waals surface area contributed by atoms with Gasteiger partial charge in [0.15, 0.2) is 0 Å². The minimum absolute atomic E-state index is 0.00548. The van der Waals surface area contributed by atoms with Crippen molar-refractivity contribution in [2.45, 2.75) is 49.3 Å². The van der Waals surface area contributed by atoms with E-state index < -0.39 is 0 Å². The summed E-state index contributed by atoms with van der Waals surface area (Å²) in [5.74, 6) is 1.10. The minimum Gasteiger partial charge on any atom is -0.314 e. The monoisotopic (exact) mass is 484 g/mol. The fraction of sp³-hybridized carbons (Fsp3) is 0.391. The third kappa shape index (κ3) is 5.22. The summed E-state index contributed by atoms with van der Waals surface area (Å²) in [7, 11) is 0. The van der Waals surface area contributed by atoms with Crippen LogP contribution in [0.15, 0.2) is 46.1 Å². The number of carbonyl (C=O) groups excluding carboxylic acids is 1. The Morgan fingerprint density at radius 2 is 2.03 bits per heavy atom. The first-order valence-electron chi connectivity index (χ1n) is 11.1. The largest absolute Gasteiger partial charge is 0.314 e. The van der Waals surface area contributed by atoms with Crippen molar-refractivity contribution in [2.75, 3.05) is 17.6 Å². The van der Waals surface area contributed by atoms with E-state index in [-0.39, 0.29) is 11.5 Å². The third-order valence-electron chi connectivity index (χ3n) is 6.10. The van der Waals surface area contributed by atoms with Crippen molar-refractivity contribution in [3.8, 4) is 0 Å². The quantitative estimate of drug-likeness (QED) is 0.462. The molecule has 2 aliphatic rings. The van der Waals surface area contributed by atoms with E-state index in [1.54, 1.807) is 22.8 Å². The van der Waals surface area contributed by atoms with Gasteiger partial charge in [-0.25, -0.2) is 9.97 Å². The molecule has 1 amide bonds. The number of piperidine rings is 1. The Kier molecular flexibility index (Phi) is 6.64. The first-order chi connectivity index (χ1) is 16.0. The van der Waals surface area contributed by atoms with Gasteiger partial charge in [0.2, 0.25) is 5.91 Å². The standard InChI is InChI=1S/C23H25ClN6O2S/c24-19-5-1-14-2-6-21(32)30(23(14)28-19)10-8-16-11-15(7-9-25-16)26-12-17-3-4-18-22(27-17)29-20(31)13-33-18/h1-6,15-16,25-26H,7-13H2,(H,27,29,31). The Bertz CT molecular complexity index is 1250. The summed E-state index contributed by atoms with van der Waals surface area (Å²) in [4.78, 5) is 34.1. The molecule has 1 fully saturated rings. The van der Waals surface area contributed by atoms with E-state index >= 15 is 0 Å². The number of nitrogens with zero attached hydrogens (tertiary/aromatic N) is 3. The number of anilines is 1. The van der Waals surface area contributed by atoms with Gasteiger partial charge in [0.25, 0.3) is 5.56 Å². The van der Waals surface area contributed by atoms with Crippen LogP contribution in [0.1, 0.15) is 25.0 Å². The summed E-state index contributed by atoms with van der Waals surface area (Å²) in [6, 6.07) is 11.7.